The third-order valence-electron chi connectivity index (χ3n) is 5.39. The molecule has 8 heteroatoms. The standard InChI is InChI=1S/C24H42N4O4/c1-20(30)28(14-10-8-6-5-7-9-13-25)18-22-17-21(19-29)11-12-23(22)32-24(31)27(4)16-15-26(2)3/h11-12,17,29H,5-10,13-16,18-19,25H2,1-4H3. The van der Waals surface area contributed by atoms with Crippen LogP contribution in [0.15, 0.2) is 18.2 Å². The molecule has 2 amide bonds. The van der Waals surface area contributed by atoms with Crippen LogP contribution in [-0.2, 0) is 17.9 Å². The smallest absolute Gasteiger partial charge is 0.410 e. The van der Waals surface area contributed by atoms with Crippen LogP contribution in [0.4, 0.5) is 4.79 Å². The summed E-state index contributed by atoms with van der Waals surface area (Å²) in [6.07, 6.45) is 6.04. The summed E-state index contributed by atoms with van der Waals surface area (Å²) in [5.41, 5.74) is 6.95. The highest BCUT2D eigenvalue weighted by Crippen LogP contribution is 2.23. The Bertz CT molecular complexity index is 697. The molecule has 0 saturated heterocycles. The fourth-order valence-corrected chi connectivity index (χ4v) is 3.28. The fourth-order valence-electron chi connectivity index (χ4n) is 3.28. The number of nitrogens with two attached hydrogens (primary N) is 1. The van der Waals surface area contributed by atoms with Crippen LogP contribution in [0.25, 0.3) is 0 Å². The summed E-state index contributed by atoms with van der Waals surface area (Å²) in [7, 11) is 5.59. The van der Waals surface area contributed by atoms with E-state index in [9.17, 15) is 14.7 Å². The first-order valence-electron chi connectivity index (χ1n) is 11.5. The molecule has 0 bridgehead atoms. The van der Waals surface area contributed by atoms with E-state index in [-0.39, 0.29) is 12.5 Å². The number of aliphatic hydroxyl groups excluding tert-OH is 1. The van der Waals surface area contributed by atoms with Crippen molar-refractivity contribution in [2.45, 2.75) is 58.6 Å². The van der Waals surface area contributed by atoms with Gasteiger partial charge in [0.2, 0.25) is 5.91 Å². The van der Waals surface area contributed by atoms with Crippen LogP contribution in [0, 0.1) is 0 Å². The van der Waals surface area contributed by atoms with Crippen molar-refractivity contribution in [2.75, 3.05) is 47.3 Å². The minimum Gasteiger partial charge on any atom is -0.410 e. The monoisotopic (exact) mass is 450 g/mol. The van der Waals surface area contributed by atoms with Crippen molar-refractivity contribution < 1.29 is 19.4 Å². The molecule has 182 valence electrons. The zero-order valence-electron chi connectivity index (χ0n) is 20.3. The largest absolute Gasteiger partial charge is 0.415 e. The maximum absolute atomic E-state index is 12.5. The van der Waals surface area contributed by atoms with Crippen LogP contribution in [-0.4, -0.2) is 79.1 Å². The van der Waals surface area contributed by atoms with Gasteiger partial charge in [0.15, 0.2) is 0 Å². The molecule has 3 N–H and O–H groups in total. The Balaban J connectivity index is 2.77. The van der Waals surface area contributed by atoms with Crippen LogP contribution in [0.2, 0.25) is 0 Å². The zero-order valence-corrected chi connectivity index (χ0v) is 20.3. The Kier molecular flexibility index (Phi) is 13.6. The van der Waals surface area contributed by atoms with E-state index >= 15 is 0 Å². The summed E-state index contributed by atoms with van der Waals surface area (Å²) in [5, 5.41) is 9.54. The lowest BCUT2D eigenvalue weighted by Gasteiger charge is -2.24. The van der Waals surface area contributed by atoms with Gasteiger partial charge in [-0.15, -0.1) is 0 Å². The van der Waals surface area contributed by atoms with E-state index in [0.29, 0.717) is 36.5 Å². The Morgan fingerprint density at radius 1 is 0.969 bits per heavy atom. The quantitative estimate of drug-likeness (QED) is 0.399. The van der Waals surface area contributed by atoms with Crippen LogP contribution < -0.4 is 10.5 Å². The summed E-state index contributed by atoms with van der Waals surface area (Å²) in [5.74, 6) is 0.389. The maximum atomic E-state index is 12.5. The molecule has 0 radical (unpaired) electrons. The average molecular weight is 451 g/mol. The lowest BCUT2D eigenvalue weighted by molar-refractivity contribution is -0.129. The molecule has 0 atom stereocenters. The van der Waals surface area contributed by atoms with Crippen LogP contribution in [0.5, 0.6) is 5.75 Å². The van der Waals surface area contributed by atoms with Crippen molar-refractivity contribution in [3.63, 3.8) is 0 Å². The van der Waals surface area contributed by atoms with Gasteiger partial charge < -0.3 is 30.3 Å². The van der Waals surface area contributed by atoms with E-state index in [4.69, 9.17) is 10.5 Å². The van der Waals surface area contributed by atoms with E-state index in [1.165, 1.54) is 4.90 Å². The van der Waals surface area contributed by atoms with Crippen molar-refractivity contribution >= 4 is 12.0 Å². The van der Waals surface area contributed by atoms with E-state index in [2.05, 4.69) is 0 Å². The van der Waals surface area contributed by atoms with Gasteiger partial charge in [0.1, 0.15) is 5.75 Å². The van der Waals surface area contributed by atoms with Crippen LogP contribution >= 0.6 is 0 Å². The predicted molar refractivity (Wildman–Crippen MR) is 127 cm³/mol. The molecule has 1 rings (SSSR count). The number of hydrogen-bond donors (Lipinski definition) is 2. The molecule has 0 heterocycles. The first-order chi connectivity index (χ1) is 15.3. The predicted octanol–water partition coefficient (Wildman–Crippen LogP) is 2.82. The van der Waals surface area contributed by atoms with Crippen molar-refractivity contribution in [1.29, 1.82) is 0 Å². The summed E-state index contributed by atoms with van der Waals surface area (Å²) >= 11 is 0. The number of rotatable bonds is 15. The summed E-state index contributed by atoms with van der Waals surface area (Å²) < 4.78 is 5.64. The number of carbonyl (C=O) groups excluding carboxylic acids is 2. The van der Waals surface area contributed by atoms with Gasteiger partial charge in [-0.2, -0.15) is 0 Å². The number of carbonyl (C=O) groups is 2. The van der Waals surface area contributed by atoms with E-state index in [0.717, 1.165) is 51.6 Å². The molecular weight excluding hydrogens is 408 g/mol. The maximum Gasteiger partial charge on any atom is 0.415 e. The number of nitrogens with zero attached hydrogens (tertiary/aromatic N) is 3. The molecule has 0 unspecified atom stereocenters. The second kappa shape index (κ2) is 15.6. The molecule has 0 aliphatic carbocycles. The van der Waals surface area contributed by atoms with Gasteiger partial charge in [-0.05, 0) is 51.2 Å². The molecule has 0 fully saturated rings. The fraction of sp³-hybridized carbons (Fsp3) is 0.667. The summed E-state index contributed by atoms with van der Waals surface area (Å²) in [6, 6.07) is 5.21. The van der Waals surface area contributed by atoms with E-state index in [1.807, 2.05) is 19.0 Å². The third-order valence-corrected chi connectivity index (χ3v) is 5.39. The number of benzene rings is 1. The van der Waals surface area contributed by atoms with Gasteiger partial charge in [-0.25, -0.2) is 4.79 Å². The van der Waals surface area contributed by atoms with Gasteiger partial charge in [-0.3, -0.25) is 4.79 Å². The molecule has 32 heavy (non-hydrogen) atoms. The van der Waals surface area contributed by atoms with Gasteiger partial charge in [0, 0.05) is 45.7 Å². The second-order valence-corrected chi connectivity index (χ2v) is 8.54. The molecule has 8 nitrogen and oxygen atoms in total. The van der Waals surface area contributed by atoms with Crippen molar-refractivity contribution in [3.8, 4) is 5.75 Å². The number of likely N-dealkylation sites (N-methyl/N-ethyl adjacent to an activating group) is 2. The van der Waals surface area contributed by atoms with Gasteiger partial charge in [0.05, 0.1) is 6.61 Å². The lowest BCUT2D eigenvalue weighted by atomic mass is 10.1. The second-order valence-electron chi connectivity index (χ2n) is 8.54. The van der Waals surface area contributed by atoms with Gasteiger partial charge >= 0.3 is 6.09 Å². The minimum absolute atomic E-state index is 0.0251. The van der Waals surface area contributed by atoms with Crippen molar-refractivity contribution in [2.24, 2.45) is 5.73 Å². The number of hydrogen-bond acceptors (Lipinski definition) is 6. The highest BCUT2D eigenvalue weighted by molar-refractivity contribution is 5.74. The normalized spacial score (nSPS) is 11.0. The van der Waals surface area contributed by atoms with Crippen LogP contribution in [0.3, 0.4) is 0 Å². The van der Waals surface area contributed by atoms with E-state index in [1.54, 1.807) is 37.1 Å². The summed E-state index contributed by atoms with van der Waals surface area (Å²) in [4.78, 5) is 30.0. The molecule has 1 aromatic rings. The molecule has 0 aliphatic rings. The van der Waals surface area contributed by atoms with E-state index < -0.39 is 6.09 Å². The Hall–Kier alpha value is -2.16. The Labute approximate surface area is 193 Å². The highest BCUT2D eigenvalue weighted by Gasteiger charge is 2.17. The first-order valence-corrected chi connectivity index (χ1v) is 11.5. The Morgan fingerprint density at radius 2 is 1.62 bits per heavy atom. The molecule has 0 aliphatic heterocycles. The number of ether oxygens (including phenoxy) is 1. The molecule has 0 aromatic heterocycles. The Morgan fingerprint density at radius 3 is 2.22 bits per heavy atom. The molecule has 1 aromatic carbocycles. The van der Waals surface area contributed by atoms with Gasteiger partial charge in [0.25, 0.3) is 0 Å². The van der Waals surface area contributed by atoms with Crippen molar-refractivity contribution in [3.05, 3.63) is 29.3 Å². The lowest BCUT2D eigenvalue weighted by Crippen LogP contribution is -2.35. The summed E-state index contributed by atoms with van der Waals surface area (Å²) in [6.45, 7) is 4.42. The van der Waals surface area contributed by atoms with Gasteiger partial charge in [-0.1, -0.05) is 31.7 Å². The number of amides is 2. The van der Waals surface area contributed by atoms with Crippen molar-refractivity contribution in [1.82, 2.24) is 14.7 Å². The number of unbranched alkanes of at least 4 members (excludes halogenated alkanes) is 5. The molecular formula is C24H42N4O4. The first kappa shape index (κ1) is 27.9. The number of aliphatic hydroxyl groups is 1. The zero-order chi connectivity index (χ0) is 23.9. The minimum atomic E-state index is -0.447. The van der Waals surface area contributed by atoms with Crippen LogP contribution in [0.1, 0.15) is 56.6 Å². The average Bonchev–Trinajstić information content (AvgIpc) is 2.76. The topological polar surface area (TPSA) is 99.3 Å². The SMILES string of the molecule is CC(=O)N(CCCCCCCCN)Cc1cc(CO)ccc1OC(=O)N(C)CCN(C)C. The molecule has 0 saturated carbocycles. The molecule has 0 spiro atoms. The highest BCUT2D eigenvalue weighted by atomic mass is 16.6. The third kappa shape index (κ3) is 10.9.